The van der Waals surface area contributed by atoms with Crippen LogP contribution in [0.25, 0.3) is 0 Å². The van der Waals surface area contributed by atoms with E-state index in [-0.39, 0.29) is 5.75 Å². The average molecular weight is 215 g/mol. The first-order valence-corrected chi connectivity index (χ1v) is 4.77. The maximum Gasteiger partial charge on any atom is 0.150 e. The van der Waals surface area contributed by atoms with Gasteiger partial charge in [0, 0.05) is 11.3 Å². The topological polar surface area (TPSA) is 63.3 Å². The maximum absolute atomic E-state index is 10.0. The van der Waals surface area contributed by atoms with Crippen LogP contribution in [0.1, 0.15) is 10.4 Å². The SMILES string of the molecule is Nc1ccccc1.O=Cc1ccc(O)cc1. The van der Waals surface area contributed by atoms with Gasteiger partial charge in [0.15, 0.2) is 0 Å². The van der Waals surface area contributed by atoms with Gasteiger partial charge in [0.05, 0.1) is 0 Å². The predicted molar refractivity (Wildman–Crippen MR) is 64.3 cm³/mol. The number of phenolic OH excluding ortho intramolecular Hbond substituents is 1. The van der Waals surface area contributed by atoms with Gasteiger partial charge in [0.1, 0.15) is 12.0 Å². The molecular formula is C13H13NO2. The molecule has 3 heteroatoms. The summed E-state index contributed by atoms with van der Waals surface area (Å²) in [7, 11) is 0. The lowest BCUT2D eigenvalue weighted by Crippen LogP contribution is -1.79. The fourth-order valence-corrected chi connectivity index (χ4v) is 1.01. The van der Waals surface area contributed by atoms with Gasteiger partial charge in [-0.25, -0.2) is 0 Å². The Kier molecular flexibility index (Phi) is 4.60. The molecule has 0 saturated heterocycles. The highest BCUT2D eigenvalue weighted by molar-refractivity contribution is 5.74. The number of nitrogen functional groups attached to an aromatic ring is 1. The Bertz CT molecular complexity index is 423. The Hall–Kier alpha value is -2.29. The van der Waals surface area contributed by atoms with Gasteiger partial charge in [-0.2, -0.15) is 0 Å². The van der Waals surface area contributed by atoms with Gasteiger partial charge in [-0.1, -0.05) is 18.2 Å². The number of nitrogens with two attached hydrogens (primary N) is 1. The molecule has 0 aliphatic carbocycles. The molecule has 0 radical (unpaired) electrons. The third-order valence-electron chi connectivity index (χ3n) is 1.83. The Morgan fingerprint density at radius 2 is 1.50 bits per heavy atom. The molecular weight excluding hydrogens is 202 g/mol. The van der Waals surface area contributed by atoms with E-state index < -0.39 is 0 Å². The molecule has 0 heterocycles. The van der Waals surface area contributed by atoms with E-state index in [1.165, 1.54) is 12.1 Å². The molecule has 0 aliphatic rings. The lowest BCUT2D eigenvalue weighted by atomic mass is 10.2. The minimum absolute atomic E-state index is 0.181. The molecule has 3 N–H and O–H groups in total. The van der Waals surface area contributed by atoms with Gasteiger partial charge in [-0.05, 0) is 36.4 Å². The quantitative estimate of drug-likeness (QED) is 0.567. The van der Waals surface area contributed by atoms with Crippen molar-refractivity contribution >= 4 is 12.0 Å². The highest BCUT2D eigenvalue weighted by atomic mass is 16.3. The van der Waals surface area contributed by atoms with Crippen LogP contribution in [0, 0.1) is 0 Å². The molecule has 2 aromatic rings. The Morgan fingerprint density at radius 1 is 0.938 bits per heavy atom. The summed E-state index contributed by atoms with van der Waals surface area (Å²) in [6.45, 7) is 0. The number of benzene rings is 2. The van der Waals surface area contributed by atoms with Crippen LogP contribution in [0.2, 0.25) is 0 Å². The van der Waals surface area contributed by atoms with E-state index in [2.05, 4.69) is 0 Å². The third kappa shape index (κ3) is 4.28. The second-order valence-corrected chi connectivity index (χ2v) is 3.12. The summed E-state index contributed by atoms with van der Waals surface area (Å²) in [5, 5.41) is 8.74. The molecule has 2 aromatic carbocycles. The van der Waals surface area contributed by atoms with Gasteiger partial charge < -0.3 is 10.8 Å². The fourth-order valence-electron chi connectivity index (χ4n) is 1.01. The smallest absolute Gasteiger partial charge is 0.150 e. The summed E-state index contributed by atoms with van der Waals surface area (Å²) in [6, 6.07) is 15.6. The van der Waals surface area contributed by atoms with Crippen molar-refractivity contribution in [2.24, 2.45) is 0 Å². The van der Waals surface area contributed by atoms with Crippen molar-refractivity contribution in [2.45, 2.75) is 0 Å². The summed E-state index contributed by atoms with van der Waals surface area (Å²) in [4.78, 5) is 10.0. The van der Waals surface area contributed by atoms with Crippen LogP contribution in [0.5, 0.6) is 5.75 Å². The number of carbonyl (C=O) groups excluding carboxylic acids is 1. The number of phenols is 1. The lowest BCUT2D eigenvalue weighted by Gasteiger charge is -1.88. The molecule has 0 fully saturated rings. The molecule has 0 aliphatic heterocycles. The number of para-hydroxylation sites is 1. The standard InChI is InChI=1S/C7H6O2.C6H7N/c8-5-6-1-3-7(9)4-2-6;7-6-4-2-1-3-5-6/h1-5,9H;1-5H,7H2. The summed E-state index contributed by atoms with van der Waals surface area (Å²) < 4.78 is 0. The minimum atomic E-state index is 0.181. The van der Waals surface area contributed by atoms with Crippen LogP contribution in [0.4, 0.5) is 5.69 Å². The van der Waals surface area contributed by atoms with Gasteiger partial charge in [-0.3, -0.25) is 4.79 Å². The van der Waals surface area contributed by atoms with Crippen LogP contribution in [0.15, 0.2) is 54.6 Å². The monoisotopic (exact) mass is 215 g/mol. The molecule has 0 saturated carbocycles. The first-order valence-electron chi connectivity index (χ1n) is 4.77. The van der Waals surface area contributed by atoms with E-state index in [0.717, 1.165) is 12.0 Å². The normalized spacial score (nSPS) is 8.75. The zero-order valence-corrected chi connectivity index (χ0v) is 8.71. The Labute approximate surface area is 94.2 Å². The van der Waals surface area contributed by atoms with Crippen molar-refractivity contribution in [2.75, 3.05) is 5.73 Å². The molecule has 0 unspecified atom stereocenters. The van der Waals surface area contributed by atoms with Gasteiger partial charge in [0.25, 0.3) is 0 Å². The number of carbonyl (C=O) groups is 1. The lowest BCUT2D eigenvalue weighted by molar-refractivity contribution is 0.112. The van der Waals surface area contributed by atoms with Crippen molar-refractivity contribution in [1.82, 2.24) is 0 Å². The molecule has 3 nitrogen and oxygen atoms in total. The predicted octanol–water partition coefficient (Wildman–Crippen LogP) is 2.47. The van der Waals surface area contributed by atoms with Crippen molar-refractivity contribution in [1.29, 1.82) is 0 Å². The zero-order chi connectivity index (χ0) is 11.8. The van der Waals surface area contributed by atoms with E-state index in [0.29, 0.717) is 5.56 Å². The molecule has 0 atom stereocenters. The third-order valence-corrected chi connectivity index (χ3v) is 1.83. The van der Waals surface area contributed by atoms with Crippen molar-refractivity contribution in [3.63, 3.8) is 0 Å². The first-order chi connectivity index (χ1) is 7.72. The number of hydrogen-bond donors (Lipinski definition) is 2. The summed E-state index contributed by atoms with van der Waals surface area (Å²) in [5.74, 6) is 0.181. The minimum Gasteiger partial charge on any atom is -0.508 e. The number of rotatable bonds is 1. The van der Waals surface area contributed by atoms with Crippen molar-refractivity contribution in [3.05, 3.63) is 60.2 Å². The molecule has 2 rings (SSSR count). The number of anilines is 1. The van der Waals surface area contributed by atoms with Gasteiger partial charge in [0.2, 0.25) is 0 Å². The summed E-state index contributed by atoms with van der Waals surface area (Å²) in [6.07, 6.45) is 0.736. The van der Waals surface area contributed by atoms with E-state index in [4.69, 9.17) is 10.8 Å². The molecule has 0 aromatic heterocycles. The number of aromatic hydroxyl groups is 1. The van der Waals surface area contributed by atoms with Crippen LogP contribution in [-0.4, -0.2) is 11.4 Å². The average Bonchev–Trinajstić information content (AvgIpc) is 2.32. The van der Waals surface area contributed by atoms with Crippen LogP contribution >= 0.6 is 0 Å². The Balaban J connectivity index is 0.000000165. The second-order valence-electron chi connectivity index (χ2n) is 3.12. The fraction of sp³-hybridized carbons (Fsp3) is 0. The van der Waals surface area contributed by atoms with E-state index in [1.54, 1.807) is 12.1 Å². The van der Waals surface area contributed by atoms with Gasteiger partial charge >= 0.3 is 0 Å². The molecule has 16 heavy (non-hydrogen) atoms. The van der Waals surface area contributed by atoms with Crippen molar-refractivity contribution in [3.8, 4) is 5.75 Å². The van der Waals surface area contributed by atoms with Gasteiger partial charge in [-0.15, -0.1) is 0 Å². The number of hydrogen-bond acceptors (Lipinski definition) is 3. The second kappa shape index (κ2) is 6.24. The van der Waals surface area contributed by atoms with E-state index >= 15 is 0 Å². The molecule has 82 valence electrons. The van der Waals surface area contributed by atoms with Crippen LogP contribution < -0.4 is 5.73 Å². The zero-order valence-electron chi connectivity index (χ0n) is 8.71. The van der Waals surface area contributed by atoms with Crippen LogP contribution in [0.3, 0.4) is 0 Å². The number of aldehydes is 1. The van der Waals surface area contributed by atoms with E-state index in [1.807, 2.05) is 30.3 Å². The van der Waals surface area contributed by atoms with Crippen LogP contribution in [-0.2, 0) is 0 Å². The Morgan fingerprint density at radius 3 is 1.88 bits per heavy atom. The summed E-state index contributed by atoms with van der Waals surface area (Å²) in [5.41, 5.74) is 6.76. The maximum atomic E-state index is 10.0. The van der Waals surface area contributed by atoms with E-state index in [9.17, 15) is 4.79 Å². The largest absolute Gasteiger partial charge is 0.508 e. The summed E-state index contributed by atoms with van der Waals surface area (Å²) >= 11 is 0. The molecule has 0 amide bonds. The highest BCUT2D eigenvalue weighted by Crippen LogP contribution is 2.07. The van der Waals surface area contributed by atoms with Crippen molar-refractivity contribution < 1.29 is 9.90 Å². The molecule has 0 bridgehead atoms. The first kappa shape index (κ1) is 11.8. The highest BCUT2D eigenvalue weighted by Gasteiger charge is 1.86. The molecule has 0 spiro atoms.